The van der Waals surface area contributed by atoms with Crippen molar-refractivity contribution in [3.8, 4) is 0 Å². The zero-order chi connectivity index (χ0) is 20.3. The molecule has 1 amide bonds. The van der Waals surface area contributed by atoms with Crippen molar-refractivity contribution in [2.24, 2.45) is 0 Å². The second-order valence-electron chi connectivity index (χ2n) is 7.63. The number of carbonyl (C=O) groups excluding carboxylic acids is 1. The predicted molar refractivity (Wildman–Crippen MR) is 112 cm³/mol. The van der Waals surface area contributed by atoms with Crippen molar-refractivity contribution in [2.75, 3.05) is 26.3 Å². The molecule has 1 saturated carbocycles. The van der Waals surface area contributed by atoms with Crippen LogP contribution in [0.25, 0.3) is 0 Å². The van der Waals surface area contributed by atoms with Crippen molar-refractivity contribution in [3.63, 3.8) is 0 Å². The number of rotatable bonds is 7. The highest BCUT2D eigenvalue weighted by molar-refractivity contribution is 8.00. The summed E-state index contributed by atoms with van der Waals surface area (Å²) in [6, 6.07) is 13.8. The summed E-state index contributed by atoms with van der Waals surface area (Å²) < 4.78 is 13.1. The number of nitrogens with zero attached hydrogens (tertiary/aromatic N) is 4. The van der Waals surface area contributed by atoms with Gasteiger partial charge in [-0.05, 0) is 30.5 Å². The van der Waals surface area contributed by atoms with Gasteiger partial charge in [0.2, 0.25) is 5.91 Å². The number of benzene rings is 1. The maximum Gasteiger partial charge on any atom is 0.240 e. The third kappa shape index (κ3) is 4.15. The number of morpholine rings is 1. The van der Waals surface area contributed by atoms with E-state index < -0.39 is 0 Å². The molecule has 0 bridgehead atoms. The molecule has 7 nitrogen and oxygen atoms in total. The van der Waals surface area contributed by atoms with Crippen LogP contribution in [0, 0.1) is 0 Å². The number of amides is 1. The second-order valence-corrected chi connectivity index (χ2v) is 8.70. The van der Waals surface area contributed by atoms with Gasteiger partial charge in [-0.15, -0.1) is 10.2 Å². The first-order valence-electron chi connectivity index (χ1n) is 10.3. The lowest BCUT2D eigenvalue weighted by molar-refractivity contribution is -0.134. The molecule has 1 saturated heterocycles. The Bertz CT molecular complexity index is 979. The Morgan fingerprint density at radius 1 is 1.10 bits per heavy atom. The first-order valence-corrected chi connectivity index (χ1v) is 11.2. The van der Waals surface area contributed by atoms with Crippen LogP contribution in [0.4, 0.5) is 0 Å². The van der Waals surface area contributed by atoms with Gasteiger partial charge in [0, 0.05) is 19.0 Å². The van der Waals surface area contributed by atoms with Gasteiger partial charge in [-0.25, -0.2) is 0 Å². The van der Waals surface area contributed by atoms with Crippen LogP contribution >= 0.6 is 11.8 Å². The summed E-state index contributed by atoms with van der Waals surface area (Å²) in [5.41, 5.74) is 0.972. The zero-order valence-electron chi connectivity index (χ0n) is 16.6. The lowest BCUT2D eigenvalue weighted by Crippen LogP contribution is -2.42. The van der Waals surface area contributed by atoms with Crippen LogP contribution in [-0.4, -0.2) is 51.9 Å². The molecule has 8 heteroatoms. The Hall–Kier alpha value is -2.58. The first kappa shape index (κ1) is 19.4. The Morgan fingerprint density at radius 3 is 2.60 bits per heavy atom. The van der Waals surface area contributed by atoms with Crippen molar-refractivity contribution < 1.29 is 13.9 Å². The SMILES string of the molecule is O=C(C(Sc1nnc(C2CC2)n1Cc1ccco1)c1ccccc1)N1CCOCC1. The summed E-state index contributed by atoms with van der Waals surface area (Å²) in [5.74, 6) is 2.39. The topological polar surface area (TPSA) is 73.4 Å². The maximum absolute atomic E-state index is 13.5. The average Bonchev–Trinajstić information content (AvgIpc) is 3.37. The second kappa shape index (κ2) is 8.65. The highest BCUT2D eigenvalue weighted by Crippen LogP contribution is 2.42. The van der Waals surface area contributed by atoms with E-state index in [1.54, 1.807) is 6.26 Å². The predicted octanol–water partition coefficient (Wildman–Crippen LogP) is 3.49. The van der Waals surface area contributed by atoms with Gasteiger partial charge in [-0.1, -0.05) is 42.1 Å². The summed E-state index contributed by atoms with van der Waals surface area (Å²) in [5, 5.41) is 9.35. The normalized spacial score (nSPS) is 17.8. The zero-order valence-corrected chi connectivity index (χ0v) is 17.5. The molecule has 0 radical (unpaired) electrons. The number of hydrogen-bond donors (Lipinski definition) is 0. The van der Waals surface area contributed by atoms with Crippen LogP contribution in [0.15, 0.2) is 58.3 Å². The molecule has 1 atom stereocenters. The number of furan rings is 1. The van der Waals surface area contributed by atoms with Crippen molar-refractivity contribution in [1.82, 2.24) is 19.7 Å². The molecule has 3 aromatic rings. The van der Waals surface area contributed by atoms with Crippen LogP contribution in [0.1, 0.15) is 41.2 Å². The first-order chi connectivity index (χ1) is 14.8. The Morgan fingerprint density at radius 2 is 1.90 bits per heavy atom. The summed E-state index contributed by atoms with van der Waals surface area (Å²) in [6.45, 7) is 2.97. The molecule has 1 unspecified atom stereocenters. The number of thioether (sulfide) groups is 1. The van der Waals surface area contributed by atoms with E-state index in [4.69, 9.17) is 9.15 Å². The minimum atomic E-state index is -0.379. The van der Waals surface area contributed by atoms with Gasteiger partial charge in [0.05, 0.1) is 26.0 Å². The molecule has 2 aliphatic rings. The Balaban J connectivity index is 1.46. The van der Waals surface area contributed by atoms with E-state index in [1.165, 1.54) is 11.8 Å². The van der Waals surface area contributed by atoms with Crippen LogP contribution in [0.3, 0.4) is 0 Å². The van der Waals surface area contributed by atoms with Crippen LogP contribution in [0.5, 0.6) is 0 Å². The third-order valence-electron chi connectivity index (χ3n) is 5.45. The van der Waals surface area contributed by atoms with Crippen LogP contribution < -0.4 is 0 Å². The molecule has 30 heavy (non-hydrogen) atoms. The molecule has 0 spiro atoms. The summed E-state index contributed by atoms with van der Waals surface area (Å²) in [6.07, 6.45) is 3.95. The summed E-state index contributed by atoms with van der Waals surface area (Å²) >= 11 is 1.47. The number of ether oxygens (including phenoxy) is 1. The van der Waals surface area contributed by atoms with E-state index in [1.807, 2.05) is 47.4 Å². The molecule has 1 aromatic carbocycles. The van der Waals surface area contributed by atoms with Gasteiger partial charge in [0.15, 0.2) is 5.16 Å². The molecule has 5 rings (SSSR count). The Kier molecular flexibility index (Phi) is 5.59. The molecule has 1 aliphatic carbocycles. The number of hydrogen-bond acceptors (Lipinski definition) is 6. The van der Waals surface area contributed by atoms with E-state index in [0.717, 1.165) is 35.1 Å². The Labute approximate surface area is 179 Å². The molecule has 1 aliphatic heterocycles. The molecular weight excluding hydrogens is 400 g/mol. The van der Waals surface area contributed by atoms with Crippen molar-refractivity contribution >= 4 is 17.7 Å². The molecule has 2 aromatic heterocycles. The van der Waals surface area contributed by atoms with E-state index >= 15 is 0 Å². The van der Waals surface area contributed by atoms with Crippen LogP contribution in [0.2, 0.25) is 0 Å². The standard InChI is InChI=1S/C22H24N4O3S/c27-21(25-10-13-28-14-11-25)19(16-5-2-1-3-6-16)30-22-24-23-20(17-8-9-17)26(22)15-18-7-4-12-29-18/h1-7,12,17,19H,8-11,13-15H2. The van der Waals surface area contributed by atoms with Gasteiger partial charge in [0.1, 0.15) is 16.8 Å². The summed E-state index contributed by atoms with van der Waals surface area (Å²) in [7, 11) is 0. The largest absolute Gasteiger partial charge is 0.467 e. The number of carbonyl (C=O) groups is 1. The minimum absolute atomic E-state index is 0.0926. The molecule has 0 N–H and O–H groups in total. The van der Waals surface area contributed by atoms with E-state index in [9.17, 15) is 4.79 Å². The van der Waals surface area contributed by atoms with Crippen molar-refractivity contribution in [3.05, 3.63) is 65.9 Å². The van der Waals surface area contributed by atoms with Gasteiger partial charge in [-0.3, -0.25) is 9.36 Å². The van der Waals surface area contributed by atoms with E-state index in [-0.39, 0.29) is 11.2 Å². The maximum atomic E-state index is 13.5. The highest BCUT2D eigenvalue weighted by atomic mass is 32.2. The van der Waals surface area contributed by atoms with Crippen molar-refractivity contribution in [2.45, 2.75) is 35.7 Å². The van der Waals surface area contributed by atoms with Gasteiger partial charge in [0.25, 0.3) is 0 Å². The fraction of sp³-hybridized carbons (Fsp3) is 0.409. The quantitative estimate of drug-likeness (QED) is 0.541. The van der Waals surface area contributed by atoms with Gasteiger partial charge in [-0.2, -0.15) is 0 Å². The van der Waals surface area contributed by atoms with E-state index in [2.05, 4.69) is 14.8 Å². The van der Waals surface area contributed by atoms with Crippen molar-refractivity contribution in [1.29, 1.82) is 0 Å². The molecule has 3 heterocycles. The third-order valence-corrected chi connectivity index (χ3v) is 6.68. The monoisotopic (exact) mass is 424 g/mol. The van der Waals surface area contributed by atoms with Crippen LogP contribution in [-0.2, 0) is 16.1 Å². The van der Waals surface area contributed by atoms with E-state index in [0.29, 0.717) is 38.8 Å². The van der Waals surface area contributed by atoms with Gasteiger partial charge < -0.3 is 14.1 Å². The van der Waals surface area contributed by atoms with Gasteiger partial charge >= 0.3 is 0 Å². The molecule has 2 fully saturated rings. The molecule has 156 valence electrons. The highest BCUT2D eigenvalue weighted by Gasteiger charge is 2.34. The summed E-state index contributed by atoms with van der Waals surface area (Å²) in [4.78, 5) is 15.4. The molecular formula is C22H24N4O3S. The fourth-order valence-electron chi connectivity index (χ4n) is 3.68. The minimum Gasteiger partial charge on any atom is -0.467 e. The lowest BCUT2D eigenvalue weighted by Gasteiger charge is -2.30. The fourth-order valence-corrected chi connectivity index (χ4v) is 4.81. The lowest BCUT2D eigenvalue weighted by atomic mass is 10.1. The average molecular weight is 425 g/mol. The number of aromatic nitrogens is 3. The smallest absolute Gasteiger partial charge is 0.240 e.